The molecule has 6 heteroatoms. The number of nitrogens with zero attached hydrogens (tertiary/aromatic N) is 3. The number of hydrogen-bond donors (Lipinski definition) is 1. The van der Waals surface area contributed by atoms with Gasteiger partial charge in [-0.3, -0.25) is 4.79 Å². The molecule has 23 heavy (non-hydrogen) atoms. The van der Waals surface area contributed by atoms with Crippen molar-refractivity contribution in [1.82, 2.24) is 19.7 Å². The maximum atomic E-state index is 12.5. The average Bonchev–Trinajstić information content (AvgIpc) is 2.79. The van der Waals surface area contributed by atoms with Gasteiger partial charge in [0.25, 0.3) is 0 Å². The largest absolute Gasteiger partial charge is 0.352 e. The van der Waals surface area contributed by atoms with Gasteiger partial charge in [-0.25, -0.2) is 4.79 Å². The van der Waals surface area contributed by atoms with Crippen LogP contribution in [0.15, 0.2) is 6.07 Å². The van der Waals surface area contributed by atoms with Crippen LogP contribution in [0.3, 0.4) is 0 Å². The van der Waals surface area contributed by atoms with E-state index in [2.05, 4.69) is 22.9 Å². The number of hydrogen-bond acceptors (Lipinski definition) is 2. The van der Waals surface area contributed by atoms with Gasteiger partial charge in [0, 0.05) is 51.2 Å². The molecule has 0 atom stereocenters. The highest BCUT2D eigenvalue weighted by atomic mass is 16.2. The zero-order valence-electron chi connectivity index (χ0n) is 14.7. The summed E-state index contributed by atoms with van der Waals surface area (Å²) in [5.74, 6) is 0.146. The summed E-state index contributed by atoms with van der Waals surface area (Å²) >= 11 is 0. The first kappa shape index (κ1) is 17.4. The molecule has 1 aliphatic rings. The highest BCUT2D eigenvalue weighted by Crippen LogP contribution is 2.15. The summed E-state index contributed by atoms with van der Waals surface area (Å²) in [6.45, 7) is 9.27. The second kappa shape index (κ2) is 7.53. The first-order chi connectivity index (χ1) is 10.9. The highest BCUT2D eigenvalue weighted by Gasteiger charge is 2.24. The Morgan fingerprint density at radius 2 is 1.74 bits per heavy atom. The fraction of sp³-hybridized carbons (Fsp3) is 0.647. The van der Waals surface area contributed by atoms with Crippen molar-refractivity contribution in [3.05, 3.63) is 23.0 Å². The Morgan fingerprint density at radius 3 is 2.26 bits per heavy atom. The molecular weight excluding hydrogens is 292 g/mol. The molecule has 1 fully saturated rings. The van der Waals surface area contributed by atoms with Gasteiger partial charge in [0.2, 0.25) is 5.91 Å². The van der Waals surface area contributed by atoms with E-state index in [-0.39, 0.29) is 11.9 Å². The molecule has 1 aromatic heterocycles. The summed E-state index contributed by atoms with van der Waals surface area (Å²) < 4.78 is 2.11. The number of urea groups is 1. The molecule has 1 aliphatic heterocycles. The normalized spacial score (nSPS) is 15.0. The van der Waals surface area contributed by atoms with Crippen LogP contribution < -0.4 is 5.32 Å². The standard InChI is InChI=1S/C17H28N4O2/c1-5-6-18-17(23)21-9-7-20(8-10-21)16(22)12-15-11-13(2)19(4)14(15)3/h11H,5-10,12H2,1-4H3,(H,18,23). The predicted molar refractivity (Wildman–Crippen MR) is 90.4 cm³/mol. The van der Waals surface area contributed by atoms with Crippen molar-refractivity contribution in [2.75, 3.05) is 32.7 Å². The van der Waals surface area contributed by atoms with E-state index in [1.165, 1.54) is 5.69 Å². The SMILES string of the molecule is CCCNC(=O)N1CCN(C(=O)Cc2cc(C)n(C)c2C)CC1. The second-order valence-corrected chi connectivity index (χ2v) is 6.23. The number of rotatable bonds is 4. The Labute approximate surface area is 138 Å². The van der Waals surface area contributed by atoms with E-state index in [4.69, 9.17) is 0 Å². The highest BCUT2D eigenvalue weighted by molar-refractivity contribution is 5.80. The maximum Gasteiger partial charge on any atom is 0.317 e. The van der Waals surface area contributed by atoms with Gasteiger partial charge >= 0.3 is 6.03 Å². The van der Waals surface area contributed by atoms with Crippen molar-refractivity contribution >= 4 is 11.9 Å². The lowest BCUT2D eigenvalue weighted by Gasteiger charge is -2.34. The van der Waals surface area contributed by atoms with Crippen LogP contribution in [0.1, 0.15) is 30.3 Å². The Bertz CT molecular complexity index is 571. The van der Waals surface area contributed by atoms with E-state index in [0.29, 0.717) is 39.1 Å². The van der Waals surface area contributed by atoms with Crippen molar-refractivity contribution in [2.45, 2.75) is 33.6 Å². The minimum absolute atomic E-state index is 0.0199. The molecule has 2 heterocycles. The lowest BCUT2D eigenvalue weighted by atomic mass is 10.1. The molecule has 0 unspecified atom stereocenters. The number of aromatic nitrogens is 1. The predicted octanol–water partition coefficient (Wildman–Crippen LogP) is 1.45. The van der Waals surface area contributed by atoms with Gasteiger partial charge in [0.05, 0.1) is 6.42 Å². The summed E-state index contributed by atoms with van der Waals surface area (Å²) in [5, 5.41) is 2.88. The Balaban J connectivity index is 1.86. The van der Waals surface area contributed by atoms with Crippen LogP contribution in [-0.2, 0) is 18.3 Å². The molecule has 3 amide bonds. The van der Waals surface area contributed by atoms with E-state index < -0.39 is 0 Å². The number of carbonyl (C=O) groups excluding carboxylic acids is 2. The number of aryl methyl sites for hydroxylation is 1. The minimum Gasteiger partial charge on any atom is -0.352 e. The van der Waals surface area contributed by atoms with Crippen LogP contribution in [-0.4, -0.2) is 59.0 Å². The van der Waals surface area contributed by atoms with Crippen LogP contribution in [0.25, 0.3) is 0 Å². The van der Waals surface area contributed by atoms with Gasteiger partial charge in [-0.1, -0.05) is 6.92 Å². The molecule has 128 valence electrons. The van der Waals surface area contributed by atoms with Crippen LogP contribution in [0.4, 0.5) is 4.79 Å². The van der Waals surface area contributed by atoms with Crippen LogP contribution in [0, 0.1) is 13.8 Å². The minimum atomic E-state index is -0.0199. The van der Waals surface area contributed by atoms with E-state index in [9.17, 15) is 9.59 Å². The molecule has 0 saturated carbocycles. The molecule has 1 N–H and O–H groups in total. The third-order valence-electron chi connectivity index (χ3n) is 4.67. The number of carbonyl (C=O) groups is 2. The van der Waals surface area contributed by atoms with Crippen molar-refractivity contribution in [3.63, 3.8) is 0 Å². The molecule has 0 aliphatic carbocycles. The van der Waals surface area contributed by atoms with Crippen molar-refractivity contribution in [1.29, 1.82) is 0 Å². The van der Waals surface area contributed by atoms with Gasteiger partial charge < -0.3 is 19.7 Å². The monoisotopic (exact) mass is 320 g/mol. The third-order valence-corrected chi connectivity index (χ3v) is 4.67. The summed E-state index contributed by atoms with van der Waals surface area (Å²) in [5.41, 5.74) is 3.41. The summed E-state index contributed by atoms with van der Waals surface area (Å²) in [6.07, 6.45) is 1.37. The molecule has 1 saturated heterocycles. The fourth-order valence-electron chi connectivity index (χ4n) is 2.89. The van der Waals surface area contributed by atoms with Gasteiger partial charge in [-0.05, 0) is 31.9 Å². The number of amides is 3. The number of nitrogens with one attached hydrogen (secondary N) is 1. The maximum absolute atomic E-state index is 12.5. The lowest BCUT2D eigenvalue weighted by molar-refractivity contribution is -0.131. The molecule has 0 bridgehead atoms. The zero-order valence-corrected chi connectivity index (χ0v) is 14.7. The van der Waals surface area contributed by atoms with E-state index in [1.54, 1.807) is 4.90 Å². The van der Waals surface area contributed by atoms with Crippen molar-refractivity contribution < 1.29 is 9.59 Å². The van der Waals surface area contributed by atoms with Crippen LogP contribution in [0.2, 0.25) is 0 Å². The van der Waals surface area contributed by atoms with Gasteiger partial charge in [0.1, 0.15) is 0 Å². The van der Waals surface area contributed by atoms with Gasteiger partial charge in [0.15, 0.2) is 0 Å². The molecule has 0 aromatic carbocycles. The first-order valence-electron chi connectivity index (χ1n) is 8.36. The first-order valence-corrected chi connectivity index (χ1v) is 8.36. The topological polar surface area (TPSA) is 57.6 Å². The van der Waals surface area contributed by atoms with E-state index in [0.717, 1.165) is 17.7 Å². The van der Waals surface area contributed by atoms with Crippen LogP contribution in [0.5, 0.6) is 0 Å². The molecule has 0 spiro atoms. The summed E-state index contributed by atoms with van der Waals surface area (Å²) in [7, 11) is 2.02. The van der Waals surface area contributed by atoms with E-state index >= 15 is 0 Å². The lowest BCUT2D eigenvalue weighted by Crippen LogP contribution is -2.53. The Hall–Kier alpha value is -1.98. The van der Waals surface area contributed by atoms with E-state index in [1.807, 2.05) is 25.8 Å². The van der Waals surface area contributed by atoms with Gasteiger partial charge in [-0.2, -0.15) is 0 Å². The Kier molecular flexibility index (Phi) is 5.69. The average molecular weight is 320 g/mol. The Morgan fingerprint density at radius 1 is 1.13 bits per heavy atom. The summed E-state index contributed by atoms with van der Waals surface area (Å²) in [4.78, 5) is 28.1. The third kappa shape index (κ3) is 4.06. The second-order valence-electron chi connectivity index (χ2n) is 6.23. The van der Waals surface area contributed by atoms with Gasteiger partial charge in [-0.15, -0.1) is 0 Å². The summed E-state index contributed by atoms with van der Waals surface area (Å²) in [6, 6.07) is 2.07. The smallest absolute Gasteiger partial charge is 0.317 e. The number of piperazine rings is 1. The molecule has 0 radical (unpaired) electrons. The molecule has 1 aromatic rings. The molecule has 6 nitrogen and oxygen atoms in total. The van der Waals surface area contributed by atoms with Crippen molar-refractivity contribution in [3.8, 4) is 0 Å². The van der Waals surface area contributed by atoms with Crippen molar-refractivity contribution in [2.24, 2.45) is 7.05 Å². The zero-order chi connectivity index (χ0) is 17.0. The molecular formula is C17H28N4O2. The fourth-order valence-corrected chi connectivity index (χ4v) is 2.89. The van der Waals surface area contributed by atoms with Crippen LogP contribution >= 0.6 is 0 Å². The molecule has 2 rings (SSSR count). The quantitative estimate of drug-likeness (QED) is 0.913.